The Balaban J connectivity index is 2.02. The molecule has 2 aromatic rings. The molecule has 0 aliphatic heterocycles. The highest BCUT2D eigenvalue weighted by Gasteiger charge is 2.42. The monoisotopic (exact) mass is 524 g/mol. The maximum atomic E-state index is 13.5. The van der Waals surface area contributed by atoms with Gasteiger partial charge >= 0.3 is 23.9 Å². The third kappa shape index (κ3) is 7.50. The lowest BCUT2D eigenvalue weighted by molar-refractivity contribution is -0.134. The Labute approximate surface area is 221 Å². The highest BCUT2D eigenvalue weighted by molar-refractivity contribution is 5.86. The van der Waals surface area contributed by atoms with Crippen LogP contribution in [0.5, 0.6) is 23.0 Å². The van der Waals surface area contributed by atoms with E-state index in [0.29, 0.717) is 25.7 Å². The van der Waals surface area contributed by atoms with Crippen LogP contribution in [0, 0.1) is 11.3 Å². The quantitative estimate of drug-likeness (QED) is 0.361. The Morgan fingerprint density at radius 1 is 0.711 bits per heavy atom. The van der Waals surface area contributed by atoms with Crippen molar-refractivity contribution in [3.05, 3.63) is 47.5 Å². The second-order valence-electron chi connectivity index (χ2n) is 9.84. The summed E-state index contributed by atoms with van der Waals surface area (Å²) in [5.74, 6) is -1.45. The van der Waals surface area contributed by atoms with Gasteiger partial charge < -0.3 is 18.9 Å². The summed E-state index contributed by atoms with van der Waals surface area (Å²) in [4.78, 5) is 59.8. The summed E-state index contributed by atoms with van der Waals surface area (Å²) < 4.78 is 20.9. The molecule has 1 aliphatic carbocycles. The van der Waals surface area contributed by atoms with Crippen molar-refractivity contribution >= 4 is 29.7 Å². The van der Waals surface area contributed by atoms with Crippen LogP contribution in [0.4, 0.5) is 0 Å². The van der Waals surface area contributed by atoms with Crippen molar-refractivity contribution in [2.75, 3.05) is 0 Å². The molecular weight excluding hydrogens is 492 g/mol. The number of hydrogen-bond acceptors (Lipinski definition) is 9. The van der Waals surface area contributed by atoms with E-state index in [2.05, 4.69) is 6.92 Å². The predicted octanol–water partition coefficient (Wildman–Crippen LogP) is 4.55. The molecule has 0 heterocycles. The lowest BCUT2D eigenvalue weighted by atomic mass is 9.63. The van der Waals surface area contributed by atoms with Gasteiger partial charge in [0, 0.05) is 39.5 Å². The van der Waals surface area contributed by atoms with Gasteiger partial charge in [0.1, 0.15) is 5.78 Å². The zero-order valence-corrected chi connectivity index (χ0v) is 22.3. The van der Waals surface area contributed by atoms with Crippen molar-refractivity contribution in [1.82, 2.24) is 0 Å². The summed E-state index contributed by atoms with van der Waals surface area (Å²) in [6, 6.07) is 9.81. The Bertz CT molecular complexity index is 1180. The molecule has 1 aliphatic rings. The van der Waals surface area contributed by atoms with E-state index in [1.54, 1.807) is 36.4 Å². The molecule has 2 aromatic carbocycles. The van der Waals surface area contributed by atoms with E-state index in [0.717, 1.165) is 17.5 Å². The van der Waals surface area contributed by atoms with E-state index in [9.17, 15) is 24.0 Å². The minimum Gasteiger partial charge on any atom is -0.423 e. The standard InChI is InChI=1S/C29H32O9/c1-17-6-11-28(34)29(14-17,15-22-7-9-24(35-18(2)30)26(12-22)37-20(4)32)16-23-8-10-25(36-19(3)31)27(13-23)38-21(5)33/h7-10,12-13,17H,6,11,14-16H2,1-5H3. The molecule has 1 fully saturated rings. The summed E-state index contributed by atoms with van der Waals surface area (Å²) in [6.45, 7) is 7.10. The third-order valence-electron chi connectivity index (χ3n) is 6.31. The number of ether oxygens (including phenoxy) is 4. The molecule has 0 radical (unpaired) electrons. The average Bonchev–Trinajstić information content (AvgIpc) is 2.79. The zero-order valence-electron chi connectivity index (χ0n) is 22.3. The first kappa shape index (κ1) is 28.6. The van der Waals surface area contributed by atoms with Crippen LogP contribution >= 0.6 is 0 Å². The Hall–Kier alpha value is -4.01. The number of benzene rings is 2. The zero-order chi connectivity index (χ0) is 28.0. The van der Waals surface area contributed by atoms with Crippen LogP contribution in [0.2, 0.25) is 0 Å². The fourth-order valence-electron chi connectivity index (χ4n) is 4.98. The van der Waals surface area contributed by atoms with Gasteiger partial charge in [0.15, 0.2) is 23.0 Å². The summed E-state index contributed by atoms with van der Waals surface area (Å²) >= 11 is 0. The van der Waals surface area contributed by atoms with Crippen LogP contribution in [0.1, 0.15) is 65.0 Å². The van der Waals surface area contributed by atoms with Gasteiger partial charge in [-0.15, -0.1) is 0 Å². The van der Waals surface area contributed by atoms with Crippen molar-refractivity contribution in [2.45, 2.75) is 66.7 Å². The van der Waals surface area contributed by atoms with Crippen LogP contribution in [0.25, 0.3) is 0 Å². The SMILES string of the molecule is CC(=O)Oc1ccc(CC2(Cc3ccc(OC(C)=O)c(OC(C)=O)c3)CC(C)CCC2=O)cc1OC(C)=O. The van der Waals surface area contributed by atoms with Gasteiger partial charge in [-0.3, -0.25) is 24.0 Å². The van der Waals surface area contributed by atoms with Crippen molar-refractivity contribution < 1.29 is 42.9 Å². The van der Waals surface area contributed by atoms with Crippen molar-refractivity contribution in [3.63, 3.8) is 0 Å². The Morgan fingerprint density at radius 2 is 1.11 bits per heavy atom. The molecule has 1 unspecified atom stereocenters. The topological polar surface area (TPSA) is 122 Å². The van der Waals surface area contributed by atoms with Gasteiger partial charge in [0.2, 0.25) is 0 Å². The number of hydrogen-bond donors (Lipinski definition) is 0. The van der Waals surface area contributed by atoms with Gasteiger partial charge in [0.25, 0.3) is 0 Å². The van der Waals surface area contributed by atoms with Crippen LogP contribution in [0.3, 0.4) is 0 Å². The molecule has 3 rings (SSSR count). The Kier molecular flexibility index (Phi) is 9.04. The maximum Gasteiger partial charge on any atom is 0.308 e. The number of ketones is 1. The largest absolute Gasteiger partial charge is 0.423 e. The van der Waals surface area contributed by atoms with Crippen molar-refractivity contribution in [3.8, 4) is 23.0 Å². The minimum atomic E-state index is -0.787. The number of rotatable bonds is 8. The van der Waals surface area contributed by atoms with E-state index < -0.39 is 29.3 Å². The Morgan fingerprint density at radius 3 is 1.50 bits per heavy atom. The molecule has 0 aromatic heterocycles. The van der Waals surface area contributed by atoms with E-state index in [-0.39, 0.29) is 34.7 Å². The molecule has 38 heavy (non-hydrogen) atoms. The van der Waals surface area contributed by atoms with Gasteiger partial charge in [-0.1, -0.05) is 19.1 Å². The van der Waals surface area contributed by atoms with Crippen molar-refractivity contribution in [1.29, 1.82) is 0 Å². The van der Waals surface area contributed by atoms with Gasteiger partial charge in [-0.05, 0) is 67.0 Å². The van der Waals surface area contributed by atoms with E-state index in [4.69, 9.17) is 18.9 Å². The molecule has 1 atom stereocenters. The second kappa shape index (κ2) is 12.0. The molecule has 0 N–H and O–H groups in total. The van der Waals surface area contributed by atoms with E-state index >= 15 is 0 Å². The highest BCUT2D eigenvalue weighted by atomic mass is 16.6. The van der Waals surface area contributed by atoms with Crippen molar-refractivity contribution in [2.24, 2.45) is 11.3 Å². The molecular formula is C29H32O9. The molecule has 9 heteroatoms. The number of carbonyl (C=O) groups is 5. The molecule has 9 nitrogen and oxygen atoms in total. The number of esters is 4. The lowest BCUT2D eigenvalue weighted by Gasteiger charge is -2.39. The van der Waals surface area contributed by atoms with Crippen LogP contribution in [-0.2, 0) is 36.8 Å². The maximum absolute atomic E-state index is 13.5. The summed E-state index contributed by atoms with van der Waals surface area (Å²) in [6.07, 6.45) is 2.52. The molecule has 0 spiro atoms. The van der Waals surface area contributed by atoms with Gasteiger partial charge in [-0.2, -0.15) is 0 Å². The molecule has 0 saturated heterocycles. The third-order valence-corrected chi connectivity index (χ3v) is 6.31. The first-order chi connectivity index (χ1) is 17.9. The normalized spacial score (nSPS) is 16.3. The summed E-state index contributed by atoms with van der Waals surface area (Å²) in [7, 11) is 0. The van der Waals surface area contributed by atoms with Crippen LogP contribution in [0.15, 0.2) is 36.4 Å². The number of Topliss-reactive ketones (excluding diaryl/α,β-unsaturated/α-hetero) is 1. The predicted molar refractivity (Wildman–Crippen MR) is 136 cm³/mol. The summed E-state index contributed by atoms with van der Waals surface area (Å²) in [5.41, 5.74) is 0.678. The van der Waals surface area contributed by atoms with Gasteiger partial charge in [0.05, 0.1) is 0 Å². The second-order valence-corrected chi connectivity index (χ2v) is 9.84. The highest BCUT2D eigenvalue weighted by Crippen LogP contribution is 2.44. The van der Waals surface area contributed by atoms with Gasteiger partial charge in [-0.25, -0.2) is 0 Å². The average molecular weight is 525 g/mol. The molecule has 0 amide bonds. The van der Waals surface area contributed by atoms with Crippen LogP contribution < -0.4 is 18.9 Å². The summed E-state index contributed by atoms with van der Waals surface area (Å²) in [5, 5.41) is 0. The van der Waals surface area contributed by atoms with Crippen LogP contribution in [-0.4, -0.2) is 29.7 Å². The number of carbonyl (C=O) groups excluding carboxylic acids is 5. The molecule has 0 bridgehead atoms. The van der Waals surface area contributed by atoms with E-state index in [1.807, 2.05) is 0 Å². The fourth-order valence-corrected chi connectivity index (χ4v) is 4.98. The lowest BCUT2D eigenvalue weighted by Crippen LogP contribution is -2.41. The first-order valence-electron chi connectivity index (χ1n) is 12.4. The fraction of sp³-hybridized carbons (Fsp3) is 0.414. The van der Waals surface area contributed by atoms with E-state index in [1.165, 1.54) is 27.7 Å². The minimum absolute atomic E-state index is 0.0968. The first-order valence-corrected chi connectivity index (χ1v) is 12.4. The molecule has 1 saturated carbocycles. The molecule has 202 valence electrons. The smallest absolute Gasteiger partial charge is 0.308 e.